The van der Waals surface area contributed by atoms with Gasteiger partial charge in [0.1, 0.15) is 0 Å². The van der Waals surface area contributed by atoms with Gasteiger partial charge in [-0.3, -0.25) is 9.36 Å². The number of thioether (sulfide) groups is 1. The summed E-state index contributed by atoms with van der Waals surface area (Å²) >= 11 is 1.40. The number of aryl methyl sites for hydroxylation is 2. The molecule has 1 heterocycles. The molecule has 1 N–H and O–H groups in total. The van der Waals surface area contributed by atoms with Crippen LogP contribution in [0.4, 0.5) is 26.3 Å². The van der Waals surface area contributed by atoms with Crippen molar-refractivity contribution < 1.29 is 31.1 Å². The molecule has 0 radical (unpaired) electrons. The van der Waals surface area contributed by atoms with Gasteiger partial charge in [0, 0.05) is 17.0 Å². The van der Waals surface area contributed by atoms with Gasteiger partial charge in [-0.1, -0.05) is 59.3 Å². The highest BCUT2D eigenvalue weighted by Crippen LogP contribution is 2.36. The lowest BCUT2D eigenvalue weighted by Gasteiger charge is -2.14. The fraction of sp³-hybridized carbons (Fsp3) is 0.222. The van der Waals surface area contributed by atoms with E-state index in [-0.39, 0.29) is 18.4 Å². The van der Waals surface area contributed by atoms with E-state index in [4.69, 9.17) is 0 Å². The Morgan fingerprint density at radius 1 is 0.846 bits per heavy atom. The second-order valence-electron chi connectivity index (χ2n) is 8.82. The predicted molar refractivity (Wildman–Crippen MR) is 134 cm³/mol. The smallest absolute Gasteiger partial charge is 0.345 e. The number of benzene rings is 3. The maximum Gasteiger partial charge on any atom is 0.416 e. The first-order chi connectivity index (χ1) is 18.3. The zero-order valence-corrected chi connectivity index (χ0v) is 21.5. The molecule has 0 aliphatic rings. The zero-order chi connectivity index (χ0) is 28.4. The molecule has 1 amide bonds. The van der Waals surface area contributed by atoms with Crippen LogP contribution < -0.4 is 5.32 Å². The number of halogens is 6. The third-order valence-electron chi connectivity index (χ3n) is 5.70. The van der Waals surface area contributed by atoms with E-state index in [0.717, 1.165) is 16.7 Å². The van der Waals surface area contributed by atoms with Gasteiger partial charge in [-0.15, -0.1) is 10.2 Å². The number of nitrogens with zero attached hydrogens (tertiary/aromatic N) is 3. The largest absolute Gasteiger partial charge is 0.416 e. The summed E-state index contributed by atoms with van der Waals surface area (Å²) in [5, 5.41) is 11.2. The number of alkyl halides is 6. The van der Waals surface area contributed by atoms with Crippen LogP contribution in [0.1, 0.15) is 44.0 Å². The van der Waals surface area contributed by atoms with Crippen molar-refractivity contribution in [2.24, 2.45) is 0 Å². The minimum absolute atomic E-state index is 0.0253. The number of nitrogens with one attached hydrogen (secondary N) is 1. The number of hydrogen-bond donors (Lipinski definition) is 1. The summed E-state index contributed by atoms with van der Waals surface area (Å²) in [5.41, 5.74) is -0.0772. The predicted octanol–water partition coefficient (Wildman–Crippen LogP) is 7.14. The maximum absolute atomic E-state index is 13.2. The topological polar surface area (TPSA) is 59.8 Å². The molecule has 0 saturated heterocycles. The first-order valence-corrected chi connectivity index (χ1v) is 12.6. The molecule has 0 aliphatic heterocycles. The van der Waals surface area contributed by atoms with Crippen molar-refractivity contribution in [2.75, 3.05) is 0 Å². The van der Waals surface area contributed by atoms with E-state index in [9.17, 15) is 31.1 Å². The van der Waals surface area contributed by atoms with Gasteiger partial charge in [0.2, 0.25) is 0 Å². The normalized spacial score (nSPS) is 12.0. The zero-order valence-electron chi connectivity index (χ0n) is 20.7. The highest BCUT2D eigenvalue weighted by Gasteiger charge is 2.37. The van der Waals surface area contributed by atoms with Crippen LogP contribution in [0, 0.1) is 13.8 Å². The highest BCUT2D eigenvalue weighted by atomic mass is 32.2. The van der Waals surface area contributed by atoms with Crippen LogP contribution in [-0.2, 0) is 24.7 Å². The van der Waals surface area contributed by atoms with Gasteiger partial charge in [-0.05, 0) is 49.7 Å². The van der Waals surface area contributed by atoms with E-state index in [1.165, 1.54) is 11.8 Å². The Kier molecular flexibility index (Phi) is 8.05. The standard InChI is InChI=1S/C27H22F6N4OS/c1-16-6-8-22(9-7-16)37-23(35-36-25(37)39-15-18-5-3-4-17(2)10-18)14-34-24(38)19-11-20(26(28,29)30)13-21(12-19)27(31,32)33/h3-13H,14-15H2,1-2H3,(H,34,38). The van der Waals surface area contributed by atoms with Gasteiger partial charge in [0.25, 0.3) is 5.91 Å². The molecule has 0 bridgehead atoms. The lowest BCUT2D eigenvalue weighted by molar-refractivity contribution is -0.143. The minimum Gasteiger partial charge on any atom is -0.345 e. The van der Waals surface area contributed by atoms with Crippen molar-refractivity contribution in [3.8, 4) is 5.69 Å². The average Bonchev–Trinajstić information content (AvgIpc) is 3.28. The van der Waals surface area contributed by atoms with Crippen LogP contribution in [0.2, 0.25) is 0 Å². The second kappa shape index (κ2) is 11.1. The van der Waals surface area contributed by atoms with E-state index in [1.807, 2.05) is 62.4 Å². The van der Waals surface area contributed by atoms with E-state index in [0.29, 0.717) is 28.7 Å². The summed E-state index contributed by atoms with van der Waals surface area (Å²) in [6.45, 7) is 3.60. The molecule has 0 saturated carbocycles. The number of amides is 1. The van der Waals surface area contributed by atoms with Crippen molar-refractivity contribution in [1.29, 1.82) is 0 Å². The Morgan fingerprint density at radius 2 is 1.49 bits per heavy atom. The molecule has 0 fully saturated rings. The number of aromatic nitrogens is 3. The third-order valence-corrected chi connectivity index (χ3v) is 6.70. The molecule has 5 nitrogen and oxygen atoms in total. The summed E-state index contributed by atoms with van der Waals surface area (Å²) in [7, 11) is 0. The Bertz CT molecular complexity index is 1450. The fourth-order valence-corrected chi connectivity index (χ4v) is 4.67. The molecule has 0 atom stereocenters. The average molecular weight is 565 g/mol. The number of carbonyl (C=O) groups is 1. The van der Waals surface area contributed by atoms with Crippen molar-refractivity contribution in [2.45, 2.75) is 43.7 Å². The molecule has 0 spiro atoms. The van der Waals surface area contributed by atoms with Crippen LogP contribution in [0.25, 0.3) is 5.69 Å². The van der Waals surface area contributed by atoms with Crippen LogP contribution in [0.3, 0.4) is 0 Å². The van der Waals surface area contributed by atoms with Crippen LogP contribution in [0.5, 0.6) is 0 Å². The van der Waals surface area contributed by atoms with Gasteiger partial charge >= 0.3 is 12.4 Å². The van der Waals surface area contributed by atoms with Crippen LogP contribution in [-0.4, -0.2) is 20.7 Å². The summed E-state index contributed by atoms with van der Waals surface area (Å²) in [5.74, 6) is -0.288. The molecule has 3 aromatic carbocycles. The quantitative estimate of drug-likeness (QED) is 0.191. The van der Waals surface area contributed by atoms with Crippen molar-refractivity contribution in [1.82, 2.24) is 20.1 Å². The summed E-state index contributed by atoms with van der Waals surface area (Å²) < 4.78 is 81.0. The molecular formula is C27H22F6N4OS. The summed E-state index contributed by atoms with van der Waals surface area (Å²) in [6, 6.07) is 16.1. The molecule has 4 aromatic rings. The lowest BCUT2D eigenvalue weighted by atomic mass is 10.0. The minimum atomic E-state index is -5.06. The summed E-state index contributed by atoms with van der Waals surface area (Å²) in [4.78, 5) is 12.7. The van der Waals surface area contributed by atoms with Crippen molar-refractivity contribution in [3.05, 3.63) is 106 Å². The molecule has 1 aromatic heterocycles. The van der Waals surface area contributed by atoms with E-state index < -0.39 is 35.0 Å². The third kappa shape index (κ3) is 6.99. The van der Waals surface area contributed by atoms with Gasteiger partial charge in [0.15, 0.2) is 11.0 Å². The van der Waals surface area contributed by atoms with E-state index >= 15 is 0 Å². The Labute approximate surface area is 224 Å². The number of carbonyl (C=O) groups excluding carboxylic acids is 1. The number of rotatable bonds is 7. The molecule has 12 heteroatoms. The monoisotopic (exact) mass is 564 g/mol. The first-order valence-electron chi connectivity index (χ1n) is 11.6. The van der Waals surface area contributed by atoms with Crippen molar-refractivity contribution in [3.63, 3.8) is 0 Å². The van der Waals surface area contributed by atoms with Crippen molar-refractivity contribution >= 4 is 17.7 Å². The molecule has 0 unspecified atom stereocenters. The molecule has 0 aliphatic carbocycles. The van der Waals surface area contributed by atoms with E-state index in [2.05, 4.69) is 15.5 Å². The SMILES string of the molecule is Cc1ccc(-n2c(CNC(=O)c3cc(C(F)(F)F)cc(C(F)(F)F)c3)nnc2SCc2cccc(C)c2)cc1. The van der Waals surface area contributed by atoms with E-state index in [1.54, 1.807) is 4.57 Å². The Hall–Kier alpha value is -3.80. The highest BCUT2D eigenvalue weighted by molar-refractivity contribution is 7.98. The van der Waals surface area contributed by atoms with Gasteiger partial charge in [-0.25, -0.2) is 0 Å². The van der Waals surface area contributed by atoms with Crippen LogP contribution in [0.15, 0.2) is 71.9 Å². The fourth-order valence-electron chi connectivity index (χ4n) is 3.76. The number of hydrogen-bond acceptors (Lipinski definition) is 4. The van der Waals surface area contributed by atoms with Gasteiger partial charge in [0.05, 0.1) is 17.7 Å². The maximum atomic E-state index is 13.2. The molecule has 204 valence electrons. The Morgan fingerprint density at radius 3 is 2.08 bits per heavy atom. The molecule has 39 heavy (non-hydrogen) atoms. The molecule has 4 rings (SSSR count). The van der Waals surface area contributed by atoms with Crippen LogP contribution >= 0.6 is 11.8 Å². The van der Waals surface area contributed by atoms with Gasteiger partial charge in [-0.2, -0.15) is 26.3 Å². The second-order valence-corrected chi connectivity index (χ2v) is 9.77. The molecular weight excluding hydrogens is 542 g/mol. The van der Waals surface area contributed by atoms with Gasteiger partial charge < -0.3 is 5.32 Å². The Balaban J connectivity index is 1.61. The first kappa shape index (κ1) is 28.2. The summed E-state index contributed by atoms with van der Waals surface area (Å²) in [6.07, 6.45) is -10.1. The lowest BCUT2D eigenvalue weighted by Crippen LogP contribution is -2.26.